The summed E-state index contributed by atoms with van der Waals surface area (Å²) < 4.78 is 0. The van der Waals surface area contributed by atoms with Crippen molar-refractivity contribution in [2.24, 2.45) is 0 Å². The zero-order chi connectivity index (χ0) is 11.1. The summed E-state index contributed by atoms with van der Waals surface area (Å²) in [5, 5.41) is 18.2. The summed E-state index contributed by atoms with van der Waals surface area (Å²) in [5.74, 6) is 5.99. The largest absolute Gasteiger partial charge is 0.489 e. The van der Waals surface area contributed by atoms with Gasteiger partial charge in [0.2, 0.25) is 0 Å². The fourth-order valence-electron chi connectivity index (χ4n) is 1.26. The monoisotopic (exact) mass is 202 g/mol. The molecule has 1 aromatic rings. The Morgan fingerprint density at radius 1 is 1.27 bits per heavy atom. The van der Waals surface area contributed by atoms with Gasteiger partial charge in [-0.1, -0.05) is 43.4 Å². The Bertz CT molecular complexity index is 363. The number of benzene rings is 1. The van der Waals surface area contributed by atoms with E-state index in [0.717, 1.165) is 19.3 Å². The molecule has 0 unspecified atom stereocenters. The van der Waals surface area contributed by atoms with Crippen LogP contribution in [0.25, 0.3) is 0 Å². The fourth-order valence-corrected chi connectivity index (χ4v) is 1.26. The Labute approximate surface area is 91.1 Å². The molecule has 2 N–H and O–H groups in total. The lowest BCUT2D eigenvalue weighted by atomic mass is 9.77. The number of hydrogen-bond donors (Lipinski definition) is 2. The average molecular weight is 202 g/mol. The average Bonchev–Trinajstić information content (AvgIpc) is 2.25. The Morgan fingerprint density at radius 2 is 2.00 bits per heavy atom. The third-order valence-corrected chi connectivity index (χ3v) is 2.12. The van der Waals surface area contributed by atoms with E-state index in [1.807, 2.05) is 6.07 Å². The summed E-state index contributed by atoms with van der Waals surface area (Å²) in [7, 11) is -1.44. The molecule has 0 heterocycles. The van der Waals surface area contributed by atoms with E-state index in [2.05, 4.69) is 18.8 Å². The van der Waals surface area contributed by atoms with E-state index < -0.39 is 7.12 Å². The van der Waals surface area contributed by atoms with Gasteiger partial charge in [-0.25, -0.2) is 0 Å². The zero-order valence-corrected chi connectivity index (χ0v) is 8.90. The molecule has 1 aromatic carbocycles. The van der Waals surface area contributed by atoms with Gasteiger partial charge < -0.3 is 10.0 Å². The minimum atomic E-state index is -1.44. The molecule has 0 bridgehead atoms. The molecule has 0 fully saturated rings. The second kappa shape index (κ2) is 6.29. The summed E-state index contributed by atoms with van der Waals surface area (Å²) in [6.45, 7) is 2.12. The topological polar surface area (TPSA) is 40.5 Å². The molecule has 0 atom stereocenters. The second-order valence-corrected chi connectivity index (χ2v) is 3.37. The summed E-state index contributed by atoms with van der Waals surface area (Å²) in [6, 6.07) is 7.09. The molecular weight excluding hydrogens is 187 g/mol. The van der Waals surface area contributed by atoms with Crippen LogP contribution in [-0.2, 0) is 0 Å². The third-order valence-electron chi connectivity index (χ3n) is 2.12. The van der Waals surface area contributed by atoms with Crippen LogP contribution in [0.2, 0.25) is 0 Å². The number of unbranched alkanes of at least 4 members (excludes halogenated alkanes) is 2. The number of rotatable bonds is 3. The van der Waals surface area contributed by atoms with Gasteiger partial charge in [-0.3, -0.25) is 0 Å². The first-order chi connectivity index (χ1) is 7.25. The highest BCUT2D eigenvalue weighted by Gasteiger charge is 2.13. The van der Waals surface area contributed by atoms with Crippen molar-refractivity contribution >= 4 is 12.6 Å². The van der Waals surface area contributed by atoms with Crippen LogP contribution in [0.1, 0.15) is 31.7 Å². The van der Waals surface area contributed by atoms with Gasteiger partial charge in [0.05, 0.1) is 0 Å². The maximum atomic E-state index is 9.10. The first kappa shape index (κ1) is 11.8. The molecule has 0 saturated heterocycles. The Balaban J connectivity index is 2.78. The molecule has 0 aliphatic heterocycles. The fraction of sp³-hybridized carbons (Fsp3) is 0.333. The third kappa shape index (κ3) is 3.79. The molecular formula is C12H15BO2. The standard InChI is InChI=1S/C12H15BO2/c1-2-3-4-5-8-11-9-6-7-10-12(11)13(14)15/h6-7,9-10,14-15H,2-4H2,1H3. The minimum absolute atomic E-state index is 0.474. The van der Waals surface area contributed by atoms with E-state index in [1.165, 1.54) is 0 Å². The smallest absolute Gasteiger partial charge is 0.423 e. The van der Waals surface area contributed by atoms with Crippen molar-refractivity contribution in [2.75, 3.05) is 0 Å². The Kier molecular flexibility index (Phi) is 4.96. The lowest BCUT2D eigenvalue weighted by Crippen LogP contribution is -2.32. The highest BCUT2D eigenvalue weighted by atomic mass is 16.4. The number of hydrogen-bond acceptors (Lipinski definition) is 2. The SMILES string of the molecule is CCCCC#Cc1ccccc1B(O)O. The van der Waals surface area contributed by atoms with E-state index >= 15 is 0 Å². The van der Waals surface area contributed by atoms with Gasteiger partial charge in [0.25, 0.3) is 0 Å². The zero-order valence-electron chi connectivity index (χ0n) is 8.90. The Morgan fingerprint density at radius 3 is 2.67 bits per heavy atom. The maximum Gasteiger partial charge on any atom is 0.489 e. The van der Waals surface area contributed by atoms with Gasteiger partial charge in [-0.15, -0.1) is 0 Å². The van der Waals surface area contributed by atoms with Crippen LogP contribution < -0.4 is 5.46 Å². The molecule has 0 aromatic heterocycles. The van der Waals surface area contributed by atoms with E-state index in [-0.39, 0.29) is 0 Å². The highest BCUT2D eigenvalue weighted by Crippen LogP contribution is 1.96. The van der Waals surface area contributed by atoms with Crippen LogP contribution in [0.5, 0.6) is 0 Å². The van der Waals surface area contributed by atoms with Crippen LogP contribution in [-0.4, -0.2) is 17.2 Å². The van der Waals surface area contributed by atoms with Crippen LogP contribution in [0.3, 0.4) is 0 Å². The van der Waals surface area contributed by atoms with Crippen molar-refractivity contribution < 1.29 is 10.0 Å². The summed E-state index contributed by atoms with van der Waals surface area (Å²) >= 11 is 0. The van der Waals surface area contributed by atoms with Crippen molar-refractivity contribution in [2.45, 2.75) is 26.2 Å². The summed E-state index contributed by atoms with van der Waals surface area (Å²) in [5.41, 5.74) is 1.17. The first-order valence-electron chi connectivity index (χ1n) is 5.19. The predicted molar refractivity (Wildman–Crippen MR) is 62.7 cm³/mol. The quantitative estimate of drug-likeness (QED) is 0.434. The molecule has 15 heavy (non-hydrogen) atoms. The molecule has 0 aliphatic carbocycles. The van der Waals surface area contributed by atoms with Crippen molar-refractivity contribution in [3.05, 3.63) is 29.8 Å². The molecule has 2 nitrogen and oxygen atoms in total. The van der Waals surface area contributed by atoms with Crippen molar-refractivity contribution in [3.8, 4) is 11.8 Å². The molecule has 0 aliphatic rings. The molecule has 0 saturated carbocycles. The predicted octanol–water partition coefficient (Wildman–Crippen LogP) is 0.908. The van der Waals surface area contributed by atoms with Gasteiger partial charge in [0, 0.05) is 12.0 Å². The van der Waals surface area contributed by atoms with Crippen molar-refractivity contribution in [1.82, 2.24) is 0 Å². The van der Waals surface area contributed by atoms with Gasteiger partial charge in [-0.2, -0.15) is 0 Å². The molecule has 0 radical (unpaired) electrons. The van der Waals surface area contributed by atoms with E-state index in [9.17, 15) is 0 Å². The first-order valence-corrected chi connectivity index (χ1v) is 5.19. The second-order valence-electron chi connectivity index (χ2n) is 3.37. The molecule has 0 amide bonds. The van der Waals surface area contributed by atoms with Crippen LogP contribution in [0.4, 0.5) is 0 Å². The van der Waals surface area contributed by atoms with Crippen molar-refractivity contribution in [3.63, 3.8) is 0 Å². The minimum Gasteiger partial charge on any atom is -0.423 e. The van der Waals surface area contributed by atoms with Gasteiger partial charge in [-0.05, 0) is 17.9 Å². The van der Waals surface area contributed by atoms with E-state index in [1.54, 1.807) is 18.2 Å². The van der Waals surface area contributed by atoms with Gasteiger partial charge in [0.1, 0.15) is 0 Å². The molecule has 3 heteroatoms. The van der Waals surface area contributed by atoms with Crippen molar-refractivity contribution in [1.29, 1.82) is 0 Å². The maximum absolute atomic E-state index is 9.10. The van der Waals surface area contributed by atoms with Crippen LogP contribution >= 0.6 is 0 Å². The molecule has 78 valence electrons. The van der Waals surface area contributed by atoms with E-state index in [4.69, 9.17) is 10.0 Å². The molecule has 0 spiro atoms. The van der Waals surface area contributed by atoms with E-state index in [0.29, 0.717) is 11.0 Å². The molecule has 1 rings (SSSR count). The van der Waals surface area contributed by atoms with Gasteiger partial charge in [0.15, 0.2) is 0 Å². The van der Waals surface area contributed by atoms with Gasteiger partial charge >= 0.3 is 7.12 Å². The lowest BCUT2D eigenvalue weighted by molar-refractivity contribution is 0.425. The Hall–Kier alpha value is -1.24. The highest BCUT2D eigenvalue weighted by molar-refractivity contribution is 6.59. The summed E-state index contributed by atoms with van der Waals surface area (Å²) in [4.78, 5) is 0. The van der Waals surface area contributed by atoms with Crippen LogP contribution in [0, 0.1) is 11.8 Å². The van der Waals surface area contributed by atoms with Crippen LogP contribution in [0.15, 0.2) is 24.3 Å². The lowest BCUT2D eigenvalue weighted by Gasteiger charge is -2.01. The summed E-state index contributed by atoms with van der Waals surface area (Å²) in [6.07, 6.45) is 3.06. The normalized spacial score (nSPS) is 9.27.